The quantitative estimate of drug-likeness (QED) is 0.895. The van der Waals surface area contributed by atoms with Gasteiger partial charge in [0.1, 0.15) is 0 Å². The molecule has 3 rings (SSSR count). The van der Waals surface area contributed by atoms with Crippen LogP contribution in [0.3, 0.4) is 0 Å². The molecule has 128 valence electrons. The zero-order valence-electron chi connectivity index (χ0n) is 14.2. The number of aliphatic hydroxyl groups excluding tert-OH is 1. The molecule has 0 bridgehead atoms. The van der Waals surface area contributed by atoms with E-state index in [-0.39, 0.29) is 24.1 Å². The first-order valence-electron chi connectivity index (χ1n) is 8.50. The van der Waals surface area contributed by atoms with Gasteiger partial charge in [0.15, 0.2) is 5.76 Å². The second-order valence-corrected chi connectivity index (χ2v) is 6.92. The Bertz CT molecular complexity index is 688. The second kappa shape index (κ2) is 6.67. The number of nitrogens with one attached hydrogen (secondary N) is 1. The molecule has 1 aliphatic heterocycles. The Morgan fingerprint density at radius 1 is 1.25 bits per heavy atom. The van der Waals surface area contributed by atoms with Crippen LogP contribution in [0.15, 0.2) is 35.6 Å². The van der Waals surface area contributed by atoms with E-state index < -0.39 is 11.7 Å². The Labute approximate surface area is 142 Å². The van der Waals surface area contributed by atoms with Crippen LogP contribution in [0.25, 0.3) is 0 Å². The molecule has 1 aromatic rings. The van der Waals surface area contributed by atoms with Crippen molar-refractivity contribution in [3.63, 3.8) is 0 Å². The topological polar surface area (TPSA) is 69.6 Å². The Hall–Kier alpha value is -2.30. The normalized spacial score (nSPS) is 24.4. The number of benzene rings is 1. The summed E-state index contributed by atoms with van der Waals surface area (Å²) in [7, 11) is 1.58. The van der Waals surface area contributed by atoms with Gasteiger partial charge in [0.25, 0.3) is 11.8 Å². The van der Waals surface area contributed by atoms with Crippen molar-refractivity contribution in [1.82, 2.24) is 10.2 Å². The van der Waals surface area contributed by atoms with Crippen LogP contribution < -0.4 is 5.32 Å². The van der Waals surface area contributed by atoms with E-state index >= 15 is 0 Å². The van der Waals surface area contributed by atoms with Crippen LogP contribution in [0.1, 0.15) is 42.7 Å². The summed E-state index contributed by atoms with van der Waals surface area (Å²) in [6.07, 6.45) is 3.92. The minimum absolute atomic E-state index is 0.111. The number of rotatable bonds is 3. The third-order valence-electron chi connectivity index (χ3n) is 5.08. The first-order chi connectivity index (χ1) is 11.5. The van der Waals surface area contributed by atoms with Crippen LogP contribution in [-0.4, -0.2) is 41.5 Å². The largest absolute Gasteiger partial charge is 0.503 e. The predicted octanol–water partition coefficient (Wildman–Crippen LogP) is 2.42. The van der Waals surface area contributed by atoms with Crippen molar-refractivity contribution < 1.29 is 14.7 Å². The Morgan fingerprint density at radius 3 is 2.54 bits per heavy atom. The van der Waals surface area contributed by atoms with Crippen molar-refractivity contribution in [3.05, 3.63) is 46.7 Å². The van der Waals surface area contributed by atoms with Crippen LogP contribution in [0.4, 0.5) is 0 Å². The third-order valence-corrected chi connectivity index (χ3v) is 5.08. The van der Waals surface area contributed by atoms with Gasteiger partial charge in [0, 0.05) is 13.1 Å². The lowest BCUT2D eigenvalue weighted by molar-refractivity contribution is -0.126. The minimum Gasteiger partial charge on any atom is -0.503 e. The number of aliphatic hydroxyl groups is 1. The smallest absolute Gasteiger partial charge is 0.289 e. The van der Waals surface area contributed by atoms with E-state index in [0.29, 0.717) is 5.92 Å². The van der Waals surface area contributed by atoms with E-state index in [1.54, 1.807) is 7.05 Å². The molecule has 0 unspecified atom stereocenters. The molecule has 1 aliphatic carbocycles. The van der Waals surface area contributed by atoms with Crippen LogP contribution in [0.2, 0.25) is 0 Å². The molecule has 1 fully saturated rings. The lowest BCUT2D eigenvalue weighted by atomic mass is 9.81. The van der Waals surface area contributed by atoms with Gasteiger partial charge in [-0.2, -0.15) is 0 Å². The lowest BCUT2D eigenvalue weighted by Crippen LogP contribution is -2.39. The number of carbonyl (C=O) groups excluding carboxylic acids is 2. The number of amides is 2. The molecular formula is C19H24N2O3. The van der Waals surface area contributed by atoms with Gasteiger partial charge in [-0.3, -0.25) is 9.59 Å². The lowest BCUT2D eigenvalue weighted by Gasteiger charge is -2.29. The van der Waals surface area contributed by atoms with Gasteiger partial charge in [-0.1, -0.05) is 29.8 Å². The molecule has 2 N–H and O–H groups in total. The van der Waals surface area contributed by atoms with Gasteiger partial charge in [-0.25, -0.2) is 0 Å². The fraction of sp³-hybridized carbons (Fsp3) is 0.474. The summed E-state index contributed by atoms with van der Waals surface area (Å²) in [6.45, 7) is 2.28. The number of hydrogen-bond acceptors (Lipinski definition) is 3. The van der Waals surface area contributed by atoms with E-state index in [0.717, 1.165) is 25.7 Å². The van der Waals surface area contributed by atoms with Gasteiger partial charge in [-0.15, -0.1) is 0 Å². The maximum absolute atomic E-state index is 12.3. The van der Waals surface area contributed by atoms with Gasteiger partial charge < -0.3 is 15.3 Å². The van der Waals surface area contributed by atoms with Gasteiger partial charge in [0.05, 0.1) is 12.1 Å². The number of likely N-dealkylation sites (N-methyl/N-ethyl adjacent to an activating group) is 1. The van der Waals surface area contributed by atoms with Crippen LogP contribution >= 0.6 is 0 Å². The molecule has 0 saturated heterocycles. The number of carbonyl (C=O) groups is 2. The molecule has 24 heavy (non-hydrogen) atoms. The standard InChI is InChI=1S/C19H24N2O3/c1-12-4-3-5-14(10-12)13-6-8-15(9-7-13)20-18(23)16-11-21(2)19(24)17(16)22/h3-5,10,13,15,22H,6-9,11H2,1-2H3,(H,20,23)/t13-,15+. The summed E-state index contributed by atoms with van der Waals surface area (Å²) in [5, 5.41) is 12.8. The predicted molar refractivity (Wildman–Crippen MR) is 91.6 cm³/mol. The summed E-state index contributed by atoms with van der Waals surface area (Å²) in [4.78, 5) is 25.2. The Morgan fingerprint density at radius 2 is 1.96 bits per heavy atom. The highest BCUT2D eigenvalue weighted by Gasteiger charge is 2.33. The molecule has 0 radical (unpaired) electrons. The minimum atomic E-state index is -0.483. The molecule has 2 aliphatic rings. The second-order valence-electron chi connectivity index (χ2n) is 6.92. The molecule has 1 heterocycles. The van der Waals surface area contributed by atoms with Crippen molar-refractivity contribution in [3.8, 4) is 0 Å². The third kappa shape index (κ3) is 3.30. The van der Waals surface area contributed by atoms with E-state index in [9.17, 15) is 14.7 Å². The van der Waals surface area contributed by atoms with E-state index in [1.807, 2.05) is 0 Å². The SMILES string of the molecule is Cc1cccc([C@H]2CC[C@@H](NC(=O)C3=C(O)C(=O)N(C)C3)CC2)c1. The first-order valence-corrected chi connectivity index (χ1v) is 8.50. The van der Waals surface area contributed by atoms with Crippen LogP contribution in [-0.2, 0) is 9.59 Å². The summed E-state index contributed by atoms with van der Waals surface area (Å²) in [5.74, 6) is -0.666. The zero-order valence-corrected chi connectivity index (χ0v) is 14.2. The van der Waals surface area contributed by atoms with Crippen molar-refractivity contribution in [2.75, 3.05) is 13.6 Å². The molecule has 2 amide bonds. The van der Waals surface area contributed by atoms with Gasteiger partial charge in [0.2, 0.25) is 0 Å². The summed E-state index contributed by atoms with van der Waals surface area (Å²) >= 11 is 0. The molecule has 0 spiro atoms. The summed E-state index contributed by atoms with van der Waals surface area (Å²) < 4.78 is 0. The van der Waals surface area contributed by atoms with E-state index in [1.165, 1.54) is 16.0 Å². The number of hydrogen-bond donors (Lipinski definition) is 2. The molecule has 5 heteroatoms. The van der Waals surface area contributed by atoms with Crippen molar-refractivity contribution in [2.45, 2.75) is 44.6 Å². The number of aryl methyl sites for hydroxylation is 1. The van der Waals surface area contributed by atoms with Crippen molar-refractivity contribution in [2.24, 2.45) is 0 Å². The maximum Gasteiger partial charge on any atom is 0.289 e. The summed E-state index contributed by atoms with van der Waals surface area (Å²) in [5.41, 5.74) is 2.84. The van der Waals surface area contributed by atoms with Crippen LogP contribution in [0, 0.1) is 6.92 Å². The molecule has 0 aromatic heterocycles. The van der Waals surface area contributed by atoms with Gasteiger partial charge in [-0.05, 0) is 44.1 Å². The van der Waals surface area contributed by atoms with E-state index in [2.05, 4.69) is 36.5 Å². The molecule has 1 saturated carbocycles. The Kier molecular flexibility index (Phi) is 4.60. The van der Waals surface area contributed by atoms with Gasteiger partial charge >= 0.3 is 0 Å². The highest BCUT2D eigenvalue weighted by atomic mass is 16.3. The van der Waals surface area contributed by atoms with Crippen LogP contribution in [0.5, 0.6) is 0 Å². The highest BCUT2D eigenvalue weighted by Crippen LogP contribution is 2.33. The van der Waals surface area contributed by atoms with E-state index in [4.69, 9.17) is 0 Å². The number of nitrogens with zero attached hydrogens (tertiary/aromatic N) is 1. The molecular weight excluding hydrogens is 304 g/mol. The maximum atomic E-state index is 12.3. The molecule has 5 nitrogen and oxygen atoms in total. The monoisotopic (exact) mass is 328 g/mol. The van der Waals surface area contributed by atoms with Crippen molar-refractivity contribution in [1.29, 1.82) is 0 Å². The highest BCUT2D eigenvalue weighted by molar-refractivity contribution is 6.06. The first kappa shape index (κ1) is 16.6. The molecule has 1 aromatic carbocycles. The van der Waals surface area contributed by atoms with Crippen molar-refractivity contribution >= 4 is 11.8 Å². The fourth-order valence-corrected chi connectivity index (χ4v) is 3.64. The average molecular weight is 328 g/mol. The summed E-state index contributed by atoms with van der Waals surface area (Å²) in [6, 6.07) is 8.74. The Balaban J connectivity index is 1.56. The molecule has 0 atom stereocenters. The average Bonchev–Trinajstić information content (AvgIpc) is 2.83. The zero-order chi connectivity index (χ0) is 17.3. The fourth-order valence-electron chi connectivity index (χ4n) is 3.64.